The third-order valence-corrected chi connectivity index (χ3v) is 2.78. The minimum Gasteiger partial charge on any atom is -0.394 e. The minimum absolute atomic E-state index is 0.0664. The van der Waals surface area contributed by atoms with Gasteiger partial charge in [0.2, 0.25) is 0 Å². The van der Waals surface area contributed by atoms with E-state index >= 15 is 0 Å². The van der Waals surface area contributed by atoms with Gasteiger partial charge in [-0.1, -0.05) is 31.9 Å². The van der Waals surface area contributed by atoms with Crippen LogP contribution >= 0.6 is 0 Å². The first-order chi connectivity index (χ1) is 9.91. The van der Waals surface area contributed by atoms with Gasteiger partial charge in [-0.05, 0) is 25.7 Å². The molecule has 0 radical (unpaired) electrons. The van der Waals surface area contributed by atoms with Gasteiger partial charge in [0.1, 0.15) is 0 Å². The molecule has 0 rings (SSSR count). The number of allylic oxidation sites excluding steroid dienone is 2. The lowest BCUT2D eigenvalue weighted by Gasteiger charge is -2.05. The molecule has 0 heterocycles. The molecule has 0 unspecified atom stereocenters. The Bertz CT molecular complexity index is 195. The van der Waals surface area contributed by atoms with E-state index in [9.17, 15) is 0 Å². The molecule has 0 bridgehead atoms. The van der Waals surface area contributed by atoms with Gasteiger partial charge >= 0.3 is 0 Å². The Hall–Kier alpha value is -0.420. The van der Waals surface area contributed by atoms with Crippen molar-refractivity contribution < 1.29 is 19.3 Å². The van der Waals surface area contributed by atoms with Crippen LogP contribution in [-0.4, -0.2) is 51.4 Å². The van der Waals surface area contributed by atoms with E-state index in [1.165, 1.54) is 25.7 Å². The van der Waals surface area contributed by atoms with Crippen LogP contribution in [0.1, 0.15) is 45.4 Å². The lowest BCUT2D eigenvalue weighted by Crippen LogP contribution is -2.11. The Labute approximate surface area is 124 Å². The van der Waals surface area contributed by atoms with E-state index in [2.05, 4.69) is 19.1 Å². The zero-order valence-corrected chi connectivity index (χ0v) is 13.0. The molecule has 0 aliphatic heterocycles. The van der Waals surface area contributed by atoms with Gasteiger partial charge in [0.25, 0.3) is 0 Å². The molecule has 0 aromatic carbocycles. The third kappa shape index (κ3) is 17.6. The number of hydrogen-bond acceptors (Lipinski definition) is 4. The normalized spacial score (nSPS) is 11.5. The van der Waals surface area contributed by atoms with Crippen molar-refractivity contribution in [3.63, 3.8) is 0 Å². The minimum atomic E-state index is 0.0664. The first-order valence-corrected chi connectivity index (χ1v) is 7.91. The van der Waals surface area contributed by atoms with Gasteiger partial charge < -0.3 is 19.3 Å². The molecule has 20 heavy (non-hydrogen) atoms. The van der Waals surface area contributed by atoms with Gasteiger partial charge in [-0.2, -0.15) is 0 Å². The molecule has 120 valence electrons. The van der Waals surface area contributed by atoms with Crippen molar-refractivity contribution in [2.75, 3.05) is 46.2 Å². The predicted octanol–water partition coefficient (Wildman–Crippen LogP) is 2.95. The second-order valence-corrected chi connectivity index (χ2v) is 4.67. The fourth-order valence-electron chi connectivity index (χ4n) is 1.63. The molecule has 1 N–H and O–H groups in total. The maximum absolute atomic E-state index is 8.49. The topological polar surface area (TPSA) is 47.9 Å². The zero-order chi connectivity index (χ0) is 14.7. The summed E-state index contributed by atoms with van der Waals surface area (Å²) in [5, 5.41) is 8.49. The second kappa shape index (κ2) is 18.6. The molecule has 0 spiro atoms. The van der Waals surface area contributed by atoms with Crippen molar-refractivity contribution in [2.24, 2.45) is 0 Å². The van der Waals surface area contributed by atoms with E-state index in [0.717, 1.165) is 19.4 Å². The average Bonchev–Trinajstić information content (AvgIpc) is 2.47. The predicted molar refractivity (Wildman–Crippen MR) is 82.1 cm³/mol. The highest BCUT2D eigenvalue weighted by atomic mass is 16.5. The molecule has 4 nitrogen and oxygen atoms in total. The van der Waals surface area contributed by atoms with E-state index in [-0.39, 0.29) is 6.61 Å². The van der Waals surface area contributed by atoms with Gasteiger partial charge in [-0.25, -0.2) is 0 Å². The molecule has 0 aliphatic rings. The summed E-state index contributed by atoms with van der Waals surface area (Å²) in [5.74, 6) is 0. The van der Waals surface area contributed by atoms with Crippen molar-refractivity contribution in [1.29, 1.82) is 0 Å². The summed E-state index contributed by atoms with van der Waals surface area (Å²) in [4.78, 5) is 0. The van der Waals surface area contributed by atoms with Crippen molar-refractivity contribution in [1.82, 2.24) is 0 Å². The van der Waals surface area contributed by atoms with Gasteiger partial charge in [0, 0.05) is 6.61 Å². The van der Waals surface area contributed by atoms with Gasteiger partial charge in [-0.15, -0.1) is 0 Å². The summed E-state index contributed by atoms with van der Waals surface area (Å²) in [7, 11) is 0. The molecular formula is C16H32O4. The van der Waals surface area contributed by atoms with Gasteiger partial charge in [0.05, 0.1) is 39.6 Å². The van der Waals surface area contributed by atoms with Crippen LogP contribution in [0.2, 0.25) is 0 Å². The summed E-state index contributed by atoms with van der Waals surface area (Å²) in [6.07, 6.45) is 11.8. The molecule has 0 aromatic rings. The fourth-order valence-corrected chi connectivity index (χ4v) is 1.63. The van der Waals surface area contributed by atoms with E-state index in [1.807, 2.05) is 0 Å². The smallest absolute Gasteiger partial charge is 0.0701 e. The molecule has 0 saturated carbocycles. The fraction of sp³-hybridized carbons (Fsp3) is 0.875. The van der Waals surface area contributed by atoms with Crippen molar-refractivity contribution >= 4 is 0 Å². The lowest BCUT2D eigenvalue weighted by molar-refractivity contribution is 0.00727. The Balaban J connectivity index is 2.97. The second-order valence-electron chi connectivity index (χ2n) is 4.67. The first kappa shape index (κ1) is 19.6. The molecule has 0 saturated heterocycles. The summed E-state index contributed by atoms with van der Waals surface area (Å²) in [6, 6.07) is 0. The highest BCUT2D eigenvalue weighted by Gasteiger charge is 1.91. The maximum Gasteiger partial charge on any atom is 0.0701 e. The Morgan fingerprint density at radius 1 is 0.700 bits per heavy atom. The van der Waals surface area contributed by atoms with Crippen molar-refractivity contribution in [3.05, 3.63) is 12.2 Å². The molecule has 0 aliphatic carbocycles. The highest BCUT2D eigenvalue weighted by Crippen LogP contribution is 2.00. The Morgan fingerprint density at radius 3 is 1.85 bits per heavy atom. The van der Waals surface area contributed by atoms with Crippen LogP contribution < -0.4 is 0 Å². The van der Waals surface area contributed by atoms with Crippen molar-refractivity contribution in [2.45, 2.75) is 45.4 Å². The van der Waals surface area contributed by atoms with Crippen LogP contribution in [-0.2, 0) is 14.2 Å². The first-order valence-electron chi connectivity index (χ1n) is 7.91. The molecule has 4 heteroatoms. The summed E-state index contributed by atoms with van der Waals surface area (Å²) in [6.45, 7) is 5.83. The lowest BCUT2D eigenvalue weighted by atomic mass is 10.2. The third-order valence-electron chi connectivity index (χ3n) is 2.78. The Kier molecular flexibility index (Phi) is 18.2. The van der Waals surface area contributed by atoms with Crippen LogP contribution in [0.15, 0.2) is 12.2 Å². The number of aliphatic hydroxyl groups excluding tert-OH is 1. The zero-order valence-electron chi connectivity index (χ0n) is 13.0. The Morgan fingerprint density at radius 2 is 1.25 bits per heavy atom. The summed E-state index contributed by atoms with van der Waals surface area (Å²) in [5.41, 5.74) is 0. The highest BCUT2D eigenvalue weighted by molar-refractivity contribution is 4.80. The monoisotopic (exact) mass is 288 g/mol. The van der Waals surface area contributed by atoms with E-state index in [4.69, 9.17) is 19.3 Å². The number of ether oxygens (including phenoxy) is 3. The van der Waals surface area contributed by atoms with Gasteiger partial charge in [0.15, 0.2) is 0 Å². The van der Waals surface area contributed by atoms with Crippen LogP contribution in [0.3, 0.4) is 0 Å². The molecule has 0 aromatic heterocycles. The summed E-state index contributed by atoms with van der Waals surface area (Å²) >= 11 is 0. The van der Waals surface area contributed by atoms with Crippen LogP contribution in [0.5, 0.6) is 0 Å². The molecule has 0 fully saturated rings. The van der Waals surface area contributed by atoms with E-state index in [1.54, 1.807) is 0 Å². The number of hydrogen-bond donors (Lipinski definition) is 1. The van der Waals surface area contributed by atoms with Crippen LogP contribution in [0.4, 0.5) is 0 Å². The average molecular weight is 288 g/mol. The largest absolute Gasteiger partial charge is 0.394 e. The van der Waals surface area contributed by atoms with Gasteiger partial charge in [-0.3, -0.25) is 0 Å². The number of rotatable bonds is 16. The SMILES string of the molecule is CCCC/C=C/CCCCOCCOCCOCCO. The summed E-state index contributed by atoms with van der Waals surface area (Å²) < 4.78 is 15.9. The van der Waals surface area contributed by atoms with Crippen LogP contribution in [0, 0.1) is 0 Å². The standard InChI is InChI=1S/C16H32O4/c1-2-3-4-5-6-7-8-9-11-18-13-15-20-16-14-19-12-10-17/h5-6,17H,2-4,7-16H2,1H3/b6-5+. The molecular weight excluding hydrogens is 256 g/mol. The quantitative estimate of drug-likeness (QED) is 0.350. The molecule has 0 amide bonds. The van der Waals surface area contributed by atoms with Crippen LogP contribution in [0.25, 0.3) is 0 Å². The number of aliphatic hydroxyl groups is 1. The van der Waals surface area contributed by atoms with Crippen molar-refractivity contribution in [3.8, 4) is 0 Å². The maximum atomic E-state index is 8.49. The van der Waals surface area contributed by atoms with E-state index < -0.39 is 0 Å². The molecule has 0 atom stereocenters. The van der Waals surface area contributed by atoms with E-state index in [0.29, 0.717) is 33.0 Å². The number of unbranched alkanes of at least 4 members (excludes halogenated alkanes) is 4.